The Hall–Kier alpha value is -0.530. The van der Waals surface area contributed by atoms with Crippen molar-refractivity contribution in [3.63, 3.8) is 0 Å². The van der Waals surface area contributed by atoms with Crippen LogP contribution in [0.4, 0.5) is 4.39 Å². The van der Waals surface area contributed by atoms with Crippen molar-refractivity contribution >= 4 is 0 Å². The zero-order valence-electron chi connectivity index (χ0n) is 13.0. The summed E-state index contributed by atoms with van der Waals surface area (Å²) < 4.78 is 13.3. The standard InChI is InChI=1S/C16H32FN/c1-7-10-15(17)12-9-8-11-13(2)18-14(3)16(4,5)6/h13,15,18H,3,7-12H2,1-2,4-6H3/t13-,15+/m1/s1. The summed E-state index contributed by atoms with van der Waals surface area (Å²) in [5.74, 6) is 0. The van der Waals surface area contributed by atoms with Crippen LogP contribution in [-0.4, -0.2) is 12.2 Å². The molecule has 0 unspecified atom stereocenters. The number of halogens is 1. The minimum Gasteiger partial charge on any atom is -0.386 e. The molecule has 0 bridgehead atoms. The van der Waals surface area contributed by atoms with E-state index in [9.17, 15) is 4.39 Å². The van der Waals surface area contributed by atoms with Crippen LogP contribution in [0.1, 0.15) is 73.1 Å². The highest BCUT2D eigenvalue weighted by atomic mass is 19.1. The van der Waals surface area contributed by atoms with Crippen molar-refractivity contribution in [3.8, 4) is 0 Å². The van der Waals surface area contributed by atoms with Crippen LogP contribution in [0.5, 0.6) is 0 Å². The van der Waals surface area contributed by atoms with Crippen LogP contribution in [0.15, 0.2) is 12.3 Å². The number of hydrogen-bond donors (Lipinski definition) is 1. The minimum absolute atomic E-state index is 0.111. The summed E-state index contributed by atoms with van der Waals surface area (Å²) in [4.78, 5) is 0. The van der Waals surface area contributed by atoms with Crippen LogP contribution in [-0.2, 0) is 0 Å². The second kappa shape index (κ2) is 8.55. The fourth-order valence-electron chi connectivity index (χ4n) is 1.86. The van der Waals surface area contributed by atoms with E-state index in [0.29, 0.717) is 12.5 Å². The van der Waals surface area contributed by atoms with Crippen molar-refractivity contribution in [2.24, 2.45) is 5.41 Å². The molecule has 0 rings (SSSR count). The maximum Gasteiger partial charge on any atom is 0.100 e. The zero-order valence-corrected chi connectivity index (χ0v) is 13.0. The molecule has 0 aromatic heterocycles. The predicted molar refractivity (Wildman–Crippen MR) is 79.5 cm³/mol. The average molecular weight is 257 g/mol. The summed E-state index contributed by atoms with van der Waals surface area (Å²) in [7, 11) is 0. The lowest BCUT2D eigenvalue weighted by atomic mass is 9.92. The largest absolute Gasteiger partial charge is 0.386 e. The van der Waals surface area contributed by atoms with Crippen LogP contribution < -0.4 is 5.32 Å². The van der Waals surface area contributed by atoms with E-state index in [1.165, 1.54) is 0 Å². The molecule has 0 aliphatic rings. The van der Waals surface area contributed by atoms with Gasteiger partial charge in [-0.1, -0.05) is 53.5 Å². The molecule has 0 saturated carbocycles. The molecule has 0 spiro atoms. The first-order chi connectivity index (χ1) is 8.27. The van der Waals surface area contributed by atoms with E-state index in [0.717, 1.165) is 37.8 Å². The molecule has 0 amide bonds. The first kappa shape index (κ1) is 17.5. The van der Waals surface area contributed by atoms with E-state index in [4.69, 9.17) is 0 Å². The number of hydrogen-bond acceptors (Lipinski definition) is 1. The van der Waals surface area contributed by atoms with Gasteiger partial charge in [0.25, 0.3) is 0 Å². The lowest BCUT2D eigenvalue weighted by Gasteiger charge is -2.26. The van der Waals surface area contributed by atoms with Gasteiger partial charge in [0.05, 0.1) is 0 Å². The summed E-state index contributed by atoms with van der Waals surface area (Å²) in [5.41, 5.74) is 1.20. The fourth-order valence-corrected chi connectivity index (χ4v) is 1.86. The van der Waals surface area contributed by atoms with Gasteiger partial charge >= 0.3 is 0 Å². The van der Waals surface area contributed by atoms with Crippen LogP contribution in [0.25, 0.3) is 0 Å². The quantitative estimate of drug-likeness (QED) is 0.558. The van der Waals surface area contributed by atoms with Gasteiger partial charge in [0.1, 0.15) is 6.17 Å². The Balaban J connectivity index is 3.66. The van der Waals surface area contributed by atoms with Gasteiger partial charge in [-0.05, 0) is 26.2 Å². The zero-order chi connectivity index (χ0) is 14.2. The van der Waals surface area contributed by atoms with E-state index in [1.807, 2.05) is 6.92 Å². The summed E-state index contributed by atoms with van der Waals surface area (Å²) in [6.07, 6.45) is 4.97. The predicted octanol–water partition coefficient (Wildman–Crippen LogP) is 5.22. The van der Waals surface area contributed by atoms with Gasteiger partial charge < -0.3 is 5.32 Å². The molecule has 0 radical (unpaired) electrons. The van der Waals surface area contributed by atoms with Gasteiger partial charge in [-0.3, -0.25) is 0 Å². The first-order valence-electron chi connectivity index (χ1n) is 7.37. The Kier molecular flexibility index (Phi) is 8.30. The Morgan fingerprint density at radius 3 is 2.22 bits per heavy atom. The smallest absolute Gasteiger partial charge is 0.100 e. The molecule has 0 fully saturated rings. The molecule has 0 heterocycles. The lowest BCUT2D eigenvalue weighted by molar-refractivity contribution is 0.284. The molecule has 2 heteroatoms. The average Bonchev–Trinajstić information content (AvgIpc) is 2.23. The number of nitrogens with one attached hydrogen (secondary N) is 1. The van der Waals surface area contributed by atoms with Crippen molar-refractivity contribution in [1.29, 1.82) is 0 Å². The molecule has 1 N–H and O–H groups in total. The fraction of sp³-hybridized carbons (Fsp3) is 0.875. The maximum atomic E-state index is 13.3. The number of rotatable bonds is 9. The summed E-state index contributed by atoms with van der Waals surface area (Å²) >= 11 is 0. The van der Waals surface area contributed by atoms with Gasteiger partial charge in [0, 0.05) is 17.2 Å². The van der Waals surface area contributed by atoms with Gasteiger partial charge in [-0.2, -0.15) is 0 Å². The molecular weight excluding hydrogens is 225 g/mol. The van der Waals surface area contributed by atoms with E-state index < -0.39 is 6.17 Å². The second-order valence-electron chi connectivity index (χ2n) is 6.44. The molecule has 0 aromatic carbocycles. The molecule has 2 atom stereocenters. The van der Waals surface area contributed by atoms with Crippen molar-refractivity contribution in [1.82, 2.24) is 5.32 Å². The summed E-state index contributed by atoms with van der Waals surface area (Å²) in [6.45, 7) is 14.8. The topological polar surface area (TPSA) is 12.0 Å². The van der Waals surface area contributed by atoms with Crippen molar-refractivity contribution < 1.29 is 4.39 Å². The highest BCUT2D eigenvalue weighted by Crippen LogP contribution is 2.22. The van der Waals surface area contributed by atoms with E-state index >= 15 is 0 Å². The Morgan fingerprint density at radius 1 is 1.17 bits per heavy atom. The molecule has 1 nitrogen and oxygen atoms in total. The second-order valence-corrected chi connectivity index (χ2v) is 6.44. The lowest BCUT2D eigenvalue weighted by Crippen LogP contribution is -2.31. The van der Waals surface area contributed by atoms with E-state index in [1.54, 1.807) is 0 Å². The van der Waals surface area contributed by atoms with Gasteiger partial charge in [-0.15, -0.1) is 0 Å². The van der Waals surface area contributed by atoms with Gasteiger partial charge in [0.2, 0.25) is 0 Å². The number of unbranched alkanes of at least 4 members (excludes halogenated alkanes) is 1. The molecule has 0 aromatic rings. The first-order valence-corrected chi connectivity index (χ1v) is 7.37. The minimum atomic E-state index is -0.595. The molecule has 18 heavy (non-hydrogen) atoms. The van der Waals surface area contributed by atoms with Gasteiger partial charge in [-0.25, -0.2) is 4.39 Å². The summed E-state index contributed by atoms with van der Waals surface area (Å²) in [5, 5.41) is 3.44. The molecular formula is C16H32FN. The van der Waals surface area contributed by atoms with Crippen molar-refractivity contribution in [2.75, 3.05) is 0 Å². The third-order valence-electron chi connectivity index (χ3n) is 3.33. The molecule has 0 aliphatic carbocycles. The monoisotopic (exact) mass is 257 g/mol. The SMILES string of the molecule is C=C(N[C@H](C)CCCC[C@@H](F)CCC)C(C)(C)C. The Labute approximate surface area is 113 Å². The van der Waals surface area contributed by atoms with Crippen LogP contribution >= 0.6 is 0 Å². The van der Waals surface area contributed by atoms with Gasteiger partial charge in [0.15, 0.2) is 0 Å². The molecule has 108 valence electrons. The number of allylic oxidation sites excluding steroid dienone is 1. The molecule has 0 saturated heterocycles. The Morgan fingerprint density at radius 2 is 1.72 bits per heavy atom. The molecule has 0 aliphatic heterocycles. The third-order valence-corrected chi connectivity index (χ3v) is 3.33. The normalized spacial score (nSPS) is 15.2. The van der Waals surface area contributed by atoms with E-state index in [2.05, 4.69) is 39.6 Å². The van der Waals surface area contributed by atoms with E-state index in [-0.39, 0.29) is 5.41 Å². The summed E-state index contributed by atoms with van der Waals surface area (Å²) in [6, 6.07) is 0.431. The van der Waals surface area contributed by atoms with Crippen LogP contribution in [0.3, 0.4) is 0 Å². The number of alkyl halides is 1. The van der Waals surface area contributed by atoms with Crippen molar-refractivity contribution in [3.05, 3.63) is 12.3 Å². The highest BCUT2D eigenvalue weighted by molar-refractivity contribution is 5.03. The Bertz CT molecular complexity index is 230. The maximum absolute atomic E-state index is 13.3. The van der Waals surface area contributed by atoms with Crippen LogP contribution in [0, 0.1) is 5.41 Å². The van der Waals surface area contributed by atoms with Crippen LogP contribution in [0.2, 0.25) is 0 Å². The highest BCUT2D eigenvalue weighted by Gasteiger charge is 2.16. The third kappa shape index (κ3) is 8.54. The van der Waals surface area contributed by atoms with Crippen molar-refractivity contribution in [2.45, 2.75) is 85.4 Å².